The largest absolute Gasteiger partial charge is 0.493 e. The minimum absolute atomic E-state index is 0.196. The van der Waals surface area contributed by atoms with E-state index in [1.54, 1.807) is 25.3 Å². The molecule has 2 bridgehead atoms. The monoisotopic (exact) mass is 511 g/mol. The molecule has 10 heteroatoms. The van der Waals surface area contributed by atoms with Gasteiger partial charge >= 0.3 is 0 Å². The topological polar surface area (TPSA) is 114 Å². The summed E-state index contributed by atoms with van der Waals surface area (Å²) in [6, 6.07) is 8.36. The van der Waals surface area contributed by atoms with Gasteiger partial charge in [0.15, 0.2) is 11.5 Å². The first-order valence-electron chi connectivity index (χ1n) is 11.9. The van der Waals surface area contributed by atoms with Gasteiger partial charge in [-0.2, -0.15) is 0 Å². The van der Waals surface area contributed by atoms with Gasteiger partial charge in [0.2, 0.25) is 11.8 Å². The molecule has 0 spiro atoms. The minimum Gasteiger partial charge on any atom is -0.493 e. The third kappa shape index (κ3) is 6.15. The Morgan fingerprint density at radius 3 is 2.81 bits per heavy atom. The molecule has 1 aliphatic heterocycles. The van der Waals surface area contributed by atoms with E-state index < -0.39 is 6.04 Å². The second kappa shape index (κ2) is 11.4. The fourth-order valence-electron chi connectivity index (χ4n) is 4.07. The summed E-state index contributed by atoms with van der Waals surface area (Å²) in [5.74, 6) is 1.41. The molecule has 0 aliphatic carbocycles. The summed E-state index contributed by atoms with van der Waals surface area (Å²) in [5.41, 5.74) is 2.17. The molecule has 2 aromatic carbocycles. The predicted octanol–water partition coefficient (Wildman–Crippen LogP) is 4.36. The molecule has 0 saturated heterocycles. The first kappa shape index (κ1) is 25.5. The van der Waals surface area contributed by atoms with E-state index in [1.165, 1.54) is 6.33 Å². The Morgan fingerprint density at radius 1 is 1.19 bits per heavy atom. The molecule has 9 nitrogen and oxygen atoms in total. The number of methoxy groups -OCH3 is 1. The second-order valence-electron chi connectivity index (χ2n) is 9.09. The zero-order chi connectivity index (χ0) is 25.7. The minimum atomic E-state index is -0.630. The van der Waals surface area contributed by atoms with E-state index in [4.69, 9.17) is 21.1 Å². The van der Waals surface area contributed by atoms with Crippen LogP contribution in [0.3, 0.4) is 0 Å². The van der Waals surface area contributed by atoms with Gasteiger partial charge in [0.05, 0.1) is 19.2 Å². The van der Waals surface area contributed by atoms with Crippen molar-refractivity contribution in [2.45, 2.75) is 45.7 Å². The highest BCUT2D eigenvalue weighted by Crippen LogP contribution is 2.35. The highest BCUT2D eigenvalue weighted by Gasteiger charge is 2.22. The van der Waals surface area contributed by atoms with Gasteiger partial charge in [-0.1, -0.05) is 31.5 Å². The van der Waals surface area contributed by atoms with Gasteiger partial charge in [0.1, 0.15) is 18.2 Å². The third-order valence-corrected chi connectivity index (χ3v) is 6.10. The van der Waals surface area contributed by atoms with Crippen molar-refractivity contribution in [1.29, 1.82) is 0 Å². The number of carbonyl (C=O) groups excluding carboxylic acids is 2. The zero-order valence-electron chi connectivity index (χ0n) is 20.6. The Bertz CT molecular complexity index is 1270. The summed E-state index contributed by atoms with van der Waals surface area (Å²) >= 11 is 6.30. The first-order chi connectivity index (χ1) is 17.3. The number of anilines is 2. The van der Waals surface area contributed by atoms with Gasteiger partial charge in [-0.3, -0.25) is 9.59 Å². The summed E-state index contributed by atoms with van der Waals surface area (Å²) in [6.45, 7) is 4.57. The smallest absolute Gasteiger partial charge is 0.242 e. The fourth-order valence-corrected chi connectivity index (χ4v) is 4.24. The summed E-state index contributed by atoms with van der Waals surface area (Å²) in [6.07, 6.45) is 2.70. The lowest BCUT2D eigenvalue weighted by atomic mass is 10.0. The highest BCUT2D eigenvalue weighted by atomic mass is 35.5. The zero-order valence-corrected chi connectivity index (χ0v) is 21.3. The molecule has 3 N–H and O–H groups in total. The molecule has 3 aromatic rings. The molecule has 2 heterocycles. The molecule has 2 amide bonds. The number of aromatic nitrogens is 2. The molecule has 0 radical (unpaired) electrons. The van der Waals surface area contributed by atoms with Crippen LogP contribution >= 0.6 is 11.6 Å². The van der Waals surface area contributed by atoms with Crippen LogP contribution in [0, 0.1) is 5.92 Å². The highest BCUT2D eigenvalue weighted by molar-refractivity contribution is 6.30. The number of benzene rings is 2. The van der Waals surface area contributed by atoms with Crippen molar-refractivity contribution < 1.29 is 19.1 Å². The van der Waals surface area contributed by atoms with E-state index in [1.807, 2.05) is 26.0 Å². The quantitative estimate of drug-likeness (QED) is 0.478. The molecule has 0 saturated carbocycles. The van der Waals surface area contributed by atoms with Crippen molar-refractivity contribution >= 4 is 45.8 Å². The lowest BCUT2D eigenvalue weighted by Crippen LogP contribution is -2.47. The van der Waals surface area contributed by atoms with E-state index in [0.717, 1.165) is 10.9 Å². The summed E-state index contributed by atoms with van der Waals surface area (Å²) in [7, 11) is 1.56. The molecule has 0 fully saturated rings. The van der Waals surface area contributed by atoms with Crippen LogP contribution in [0.15, 0.2) is 36.7 Å². The van der Waals surface area contributed by atoms with Gasteiger partial charge in [-0.05, 0) is 42.5 Å². The number of hydrogen-bond donors (Lipinski definition) is 3. The summed E-state index contributed by atoms with van der Waals surface area (Å²) < 4.78 is 11.5. The fraction of sp³-hybridized carbons (Fsp3) is 0.385. The van der Waals surface area contributed by atoms with Crippen molar-refractivity contribution in [1.82, 2.24) is 20.6 Å². The third-order valence-electron chi connectivity index (χ3n) is 5.86. The van der Waals surface area contributed by atoms with E-state index in [2.05, 4.69) is 25.9 Å². The number of nitrogens with zero attached hydrogens (tertiary/aromatic N) is 2. The molecule has 1 atom stereocenters. The number of rotatable bonds is 3. The summed E-state index contributed by atoms with van der Waals surface area (Å²) in [5, 5.41) is 10.4. The molecule has 36 heavy (non-hydrogen) atoms. The van der Waals surface area contributed by atoms with Crippen LogP contribution in [0.2, 0.25) is 5.02 Å². The van der Waals surface area contributed by atoms with Crippen LogP contribution in [0.1, 0.15) is 38.7 Å². The Morgan fingerprint density at radius 2 is 2.03 bits per heavy atom. The van der Waals surface area contributed by atoms with E-state index in [0.29, 0.717) is 53.0 Å². The molecular formula is C26H30ClN5O4. The van der Waals surface area contributed by atoms with Gasteiger partial charge in [-0.15, -0.1) is 0 Å². The van der Waals surface area contributed by atoms with Crippen LogP contribution in [0.25, 0.3) is 10.9 Å². The number of carbonyl (C=O) groups is 2. The van der Waals surface area contributed by atoms with E-state index in [-0.39, 0.29) is 30.7 Å². The predicted molar refractivity (Wildman–Crippen MR) is 139 cm³/mol. The number of halogens is 1. The number of amides is 2. The van der Waals surface area contributed by atoms with Crippen LogP contribution < -0.4 is 25.4 Å². The molecule has 4 rings (SSSR count). The first-order valence-corrected chi connectivity index (χ1v) is 12.3. The van der Waals surface area contributed by atoms with Crippen molar-refractivity contribution in [3.8, 4) is 11.5 Å². The van der Waals surface area contributed by atoms with Crippen molar-refractivity contribution in [3.05, 3.63) is 47.2 Å². The Kier molecular flexibility index (Phi) is 8.10. The Labute approximate surface area is 214 Å². The van der Waals surface area contributed by atoms with Crippen molar-refractivity contribution in [2.24, 2.45) is 5.92 Å². The lowest BCUT2D eigenvalue weighted by molar-refractivity contribution is -0.129. The van der Waals surface area contributed by atoms with Crippen molar-refractivity contribution in [3.63, 3.8) is 0 Å². The van der Waals surface area contributed by atoms with Crippen molar-refractivity contribution in [2.75, 3.05) is 19.0 Å². The number of fused-ring (bicyclic) bond motifs is 2. The molecule has 190 valence electrons. The standard InChI is InChI=1S/C26H30ClN5O4/c1-15(2)9-21-26(34)28-13-16-6-7-17(27)10-19(16)32-25-18-11-23(36-8-4-5-24(33)31-21)22(35-3)12-20(18)29-14-30-25/h6-7,10-12,14-15,21H,4-5,8-9,13H2,1-3H3,(H,28,34)(H,31,33)(H,29,30,32). The van der Waals surface area contributed by atoms with Crippen LogP contribution in [0.5, 0.6) is 11.5 Å². The molecule has 1 aliphatic rings. The van der Waals surface area contributed by atoms with Gasteiger partial charge in [0, 0.05) is 35.1 Å². The Hall–Kier alpha value is -3.59. The number of ether oxygens (including phenoxy) is 2. The van der Waals surface area contributed by atoms with Gasteiger partial charge in [-0.25, -0.2) is 9.97 Å². The lowest BCUT2D eigenvalue weighted by Gasteiger charge is -2.21. The number of hydrogen-bond acceptors (Lipinski definition) is 7. The maximum atomic E-state index is 13.0. The molecule has 1 unspecified atom stereocenters. The molecule has 1 aromatic heterocycles. The molecular weight excluding hydrogens is 482 g/mol. The van der Waals surface area contributed by atoms with Crippen LogP contribution in [-0.2, 0) is 16.1 Å². The maximum Gasteiger partial charge on any atom is 0.242 e. The SMILES string of the molecule is COc1cc2ncnc3c2cc1OCCCC(=O)NC(CC(C)C)C(=O)NCc1ccc(Cl)cc1N3. The van der Waals surface area contributed by atoms with Gasteiger partial charge in [0.25, 0.3) is 0 Å². The second-order valence-corrected chi connectivity index (χ2v) is 9.52. The average Bonchev–Trinajstić information content (AvgIpc) is 2.84. The number of nitrogens with one attached hydrogen (secondary N) is 3. The van der Waals surface area contributed by atoms with E-state index >= 15 is 0 Å². The van der Waals surface area contributed by atoms with Crippen LogP contribution in [-0.4, -0.2) is 41.5 Å². The summed E-state index contributed by atoms with van der Waals surface area (Å²) in [4.78, 5) is 34.5. The Balaban J connectivity index is 1.74. The van der Waals surface area contributed by atoms with E-state index in [9.17, 15) is 9.59 Å². The average molecular weight is 512 g/mol. The van der Waals surface area contributed by atoms with Gasteiger partial charge < -0.3 is 25.4 Å². The normalized spacial score (nSPS) is 17.0. The van der Waals surface area contributed by atoms with Crippen LogP contribution in [0.4, 0.5) is 11.5 Å². The maximum absolute atomic E-state index is 13.0.